The van der Waals surface area contributed by atoms with Gasteiger partial charge >= 0.3 is 0 Å². The summed E-state index contributed by atoms with van der Waals surface area (Å²) in [7, 11) is 0. The number of aryl methyl sites for hydroxylation is 1. The lowest BCUT2D eigenvalue weighted by atomic mass is 10.2. The third-order valence-electron chi connectivity index (χ3n) is 2.17. The molecule has 0 aromatic carbocycles. The first-order chi connectivity index (χ1) is 7.36. The van der Waals surface area contributed by atoms with E-state index in [1.165, 1.54) is 11.3 Å². The summed E-state index contributed by atoms with van der Waals surface area (Å²) in [5.41, 5.74) is 0. The average Bonchev–Trinajstić information content (AvgIpc) is 2.81. The summed E-state index contributed by atoms with van der Waals surface area (Å²) in [6.07, 6.45) is 4.51. The van der Waals surface area contributed by atoms with Crippen molar-refractivity contribution in [1.82, 2.24) is 0 Å². The molecule has 0 saturated heterocycles. The van der Waals surface area contributed by atoms with E-state index in [4.69, 9.17) is 0 Å². The van der Waals surface area contributed by atoms with E-state index in [2.05, 4.69) is 0 Å². The van der Waals surface area contributed by atoms with Crippen molar-refractivity contribution in [2.24, 2.45) is 0 Å². The lowest BCUT2D eigenvalue weighted by Crippen LogP contribution is -2.33. The van der Waals surface area contributed by atoms with Gasteiger partial charge in [-0.2, -0.15) is 0 Å². The molecule has 0 aliphatic heterocycles. The van der Waals surface area contributed by atoms with Crippen molar-refractivity contribution in [3.63, 3.8) is 0 Å². The predicted octanol–water partition coefficient (Wildman–Crippen LogP) is 2.31. The van der Waals surface area contributed by atoms with Gasteiger partial charge in [-0.1, -0.05) is 12.1 Å². The number of hydrogen-bond donors (Lipinski definition) is 0. The van der Waals surface area contributed by atoms with Gasteiger partial charge in [0, 0.05) is 12.1 Å². The Morgan fingerprint density at radius 3 is 2.67 bits per heavy atom. The van der Waals surface area contributed by atoms with Crippen LogP contribution < -0.4 is 4.57 Å². The molecular formula is C12H12NOS+. The quantitative estimate of drug-likeness (QED) is 0.570. The maximum absolute atomic E-state index is 11.7. The Morgan fingerprint density at radius 1 is 1.20 bits per heavy atom. The summed E-state index contributed by atoms with van der Waals surface area (Å²) in [5.74, 6) is 0.223. The molecular weight excluding hydrogens is 206 g/mol. The number of hydrogen-bond acceptors (Lipinski definition) is 2. The Morgan fingerprint density at radius 2 is 2.00 bits per heavy atom. The van der Waals surface area contributed by atoms with E-state index in [9.17, 15) is 4.79 Å². The van der Waals surface area contributed by atoms with Crippen LogP contribution in [0, 0.1) is 0 Å². The third-order valence-corrected chi connectivity index (χ3v) is 3.08. The molecule has 0 aliphatic rings. The molecule has 0 unspecified atom stereocenters. The van der Waals surface area contributed by atoms with Crippen molar-refractivity contribution in [2.75, 3.05) is 0 Å². The number of Topliss-reactive ketones (excluding diaryl/α,β-unsaturated/α-hetero) is 1. The first-order valence-corrected chi connectivity index (χ1v) is 5.75. The van der Waals surface area contributed by atoms with Gasteiger partial charge in [-0.25, -0.2) is 4.57 Å². The molecule has 76 valence electrons. The van der Waals surface area contributed by atoms with E-state index in [-0.39, 0.29) is 5.78 Å². The van der Waals surface area contributed by atoms with Crippen molar-refractivity contribution < 1.29 is 9.36 Å². The summed E-state index contributed by atoms with van der Waals surface area (Å²) < 4.78 is 2.02. The van der Waals surface area contributed by atoms with Crippen molar-refractivity contribution in [2.45, 2.75) is 13.0 Å². The highest BCUT2D eigenvalue weighted by Crippen LogP contribution is 2.10. The molecule has 2 aromatic rings. The summed E-state index contributed by atoms with van der Waals surface area (Å²) in [6.45, 7) is 0.748. The van der Waals surface area contributed by atoms with Gasteiger partial charge in [-0.15, -0.1) is 11.3 Å². The highest BCUT2D eigenvalue weighted by Gasteiger charge is 2.09. The van der Waals surface area contributed by atoms with Crippen LogP contribution in [0.3, 0.4) is 0 Å². The molecule has 15 heavy (non-hydrogen) atoms. The smallest absolute Gasteiger partial charge is 0.179 e. The van der Waals surface area contributed by atoms with Crippen LogP contribution in [0.25, 0.3) is 0 Å². The molecule has 2 nitrogen and oxygen atoms in total. The number of ketones is 1. The van der Waals surface area contributed by atoms with Gasteiger partial charge in [-0.05, 0) is 11.4 Å². The molecule has 0 saturated carbocycles. The van der Waals surface area contributed by atoms with Gasteiger partial charge in [0.2, 0.25) is 0 Å². The topological polar surface area (TPSA) is 20.9 Å². The maximum Gasteiger partial charge on any atom is 0.179 e. The summed E-state index contributed by atoms with van der Waals surface area (Å²) in [6, 6.07) is 9.69. The summed E-state index contributed by atoms with van der Waals surface area (Å²) in [4.78, 5) is 12.5. The van der Waals surface area contributed by atoms with E-state index in [1.807, 2.05) is 52.7 Å². The van der Waals surface area contributed by atoms with E-state index in [1.54, 1.807) is 0 Å². The fourth-order valence-electron chi connectivity index (χ4n) is 1.37. The minimum absolute atomic E-state index is 0.223. The van der Waals surface area contributed by atoms with E-state index in [0.717, 1.165) is 11.4 Å². The van der Waals surface area contributed by atoms with Crippen LogP contribution in [-0.2, 0) is 6.54 Å². The molecule has 0 aliphatic carbocycles. The molecule has 0 N–H and O–H groups in total. The second kappa shape index (κ2) is 4.84. The maximum atomic E-state index is 11.7. The number of nitrogens with zero attached hydrogens (tertiary/aromatic N) is 1. The minimum Gasteiger partial charge on any atom is -0.293 e. The van der Waals surface area contributed by atoms with Gasteiger partial charge in [0.15, 0.2) is 24.7 Å². The molecule has 0 spiro atoms. The Balaban J connectivity index is 1.92. The van der Waals surface area contributed by atoms with Gasteiger partial charge in [0.05, 0.1) is 11.3 Å². The lowest BCUT2D eigenvalue weighted by Gasteiger charge is -1.95. The molecule has 2 aromatic heterocycles. The molecule has 0 bridgehead atoms. The molecule has 0 amide bonds. The van der Waals surface area contributed by atoms with Crippen LogP contribution in [0.1, 0.15) is 16.1 Å². The van der Waals surface area contributed by atoms with Crippen LogP contribution in [0.5, 0.6) is 0 Å². The standard InChI is InChI=1S/C12H12NOS/c14-11(12-5-4-10-15-12)6-9-13-7-2-1-3-8-13/h1-5,7-8,10H,6,9H2/q+1. The van der Waals surface area contributed by atoms with Gasteiger partial charge < -0.3 is 0 Å². The van der Waals surface area contributed by atoms with Crippen LogP contribution in [0.15, 0.2) is 48.1 Å². The monoisotopic (exact) mass is 218 g/mol. The molecule has 3 heteroatoms. The van der Waals surface area contributed by atoms with Gasteiger partial charge in [0.25, 0.3) is 0 Å². The second-order valence-corrected chi connectivity index (χ2v) is 4.21. The molecule has 0 fully saturated rings. The van der Waals surface area contributed by atoms with Crippen LogP contribution in [0.4, 0.5) is 0 Å². The Kier molecular flexibility index (Phi) is 3.25. The Hall–Kier alpha value is -1.48. The molecule has 0 atom stereocenters. The highest BCUT2D eigenvalue weighted by atomic mass is 32.1. The molecule has 0 radical (unpaired) electrons. The fraction of sp³-hybridized carbons (Fsp3) is 0.167. The predicted molar refractivity (Wildman–Crippen MR) is 59.9 cm³/mol. The Labute approximate surface area is 92.8 Å². The zero-order chi connectivity index (χ0) is 10.5. The molecule has 2 rings (SSSR count). The first-order valence-electron chi connectivity index (χ1n) is 4.87. The number of pyridine rings is 1. The SMILES string of the molecule is O=C(CC[n+]1ccccc1)c1cccs1. The minimum atomic E-state index is 0.223. The third kappa shape index (κ3) is 2.73. The number of thiophene rings is 1. The molecule has 2 heterocycles. The van der Waals surface area contributed by atoms with Crippen LogP contribution in [0.2, 0.25) is 0 Å². The second-order valence-electron chi connectivity index (χ2n) is 3.26. The lowest BCUT2D eigenvalue weighted by molar-refractivity contribution is -0.695. The van der Waals surface area contributed by atoms with Crippen molar-refractivity contribution in [1.29, 1.82) is 0 Å². The first kappa shape index (κ1) is 10.1. The summed E-state index contributed by atoms with van der Waals surface area (Å²) >= 11 is 1.51. The Bertz CT molecular complexity index is 422. The van der Waals surface area contributed by atoms with E-state index < -0.39 is 0 Å². The average molecular weight is 218 g/mol. The fourth-order valence-corrected chi connectivity index (χ4v) is 2.07. The number of carbonyl (C=O) groups is 1. The summed E-state index contributed by atoms with van der Waals surface area (Å²) in [5, 5.41) is 1.93. The van der Waals surface area contributed by atoms with Crippen LogP contribution >= 0.6 is 11.3 Å². The normalized spacial score (nSPS) is 10.1. The van der Waals surface area contributed by atoms with Crippen molar-refractivity contribution in [3.8, 4) is 0 Å². The number of carbonyl (C=O) groups excluding carboxylic acids is 1. The number of rotatable bonds is 4. The number of aromatic nitrogens is 1. The zero-order valence-electron chi connectivity index (χ0n) is 8.30. The van der Waals surface area contributed by atoms with Crippen molar-refractivity contribution >= 4 is 17.1 Å². The van der Waals surface area contributed by atoms with Gasteiger partial charge in [-0.3, -0.25) is 4.79 Å². The van der Waals surface area contributed by atoms with E-state index >= 15 is 0 Å². The van der Waals surface area contributed by atoms with E-state index in [0.29, 0.717) is 6.42 Å². The highest BCUT2D eigenvalue weighted by molar-refractivity contribution is 7.12. The largest absolute Gasteiger partial charge is 0.293 e. The van der Waals surface area contributed by atoms with Gasteiger partial charge in [0.1, 0.15) is 0 Å². The zero-order valence-corrected chi connectivity index (χ0v) is 9.11. The van der Waals surface area contributed by atoms with Crippen LogP contribution in [-0.4, -0.2) is 5.78 Å². The van der Waals surface area contributed by atoms with Crippen molar-refractivity contribution in [3.05, 3.63) is 53.0 Å².